The maximum atomic E-state index is 13.5. The molecule has 1 aliphatic rings. The van der Waals surface area contributed by atoms with Gasteiger partial charge in [0.2, 0.25) is 0 Å². The molecule has 156 valence electrons. The van der Waals surface area contributed by atoms with Gasteiger partial charge in [-0.15, -0.1) is 0 Å². The number of benzene rings is 2. The largest absolute Gasteiger partial charge is 0.270 e. The van der Waals surface area contributed by atoms with E-state index in [1.54, 1.807) is 47.4 Å². The van der Waals surface area contributed by atoms with Crippen LogP contribution in [0.1, 0.15) is 5.56 Å². The Morgan fingerprint density at radius 1 is 0.969 bits per heavy atom. The van der Waals surface area contributed by atoms with Crippen LogP contribution >= 0.6 is 24.0 Å². The first kappa shape index (κ1) is 20.3. The first-order valence-electron chi connectivity index (χ1n) is 9.69. The van der Waals surface area contributed by atoms with E-state index < -0.39 is 0 Å². The molecule has 0 bridgehead atoms. The van der Waals surface area contributed by atoms with Crippen molar-refractivity contribution in [2.24, 2.45) is 0 Å². The third kappa shape index (κ3) is 3.86. The molecule has 0 spiro atoms. The van der Waals surface area contributed by atoms with Gasteiger partial charge in [-0.05, 0) is 54.6 Å². The predicted molar refractivity (Wildman–Crippen MR) is 129 cm³/mol. The first-order valence-corrected chi connectivity index (χ1v) is 10.9. The molecule has 3 heterocycles. The Kier molecular flexibility index (Phi) is 5.38. The molecule has 0 aliphatic carbocycles. The molecular weight excluding hydrogens is 443 g/mol. The van der Waals surface area contributed by atoms with Crippen LogP contribution in [0.3, 0.4) is 0 Å². The topological polar surface area (TPSA) is 51.0 Å². The van der Waals surface area contributed by atoms with Gasteiger partial charge in [-0.2, -0.15) is 5.10 Å². The van der Waals surface area contributed by atoms with Crippen LogP contribution < -0.4 is 4.90 Å². The maximum Gasteiger partial charge on any atom is 0.270 e. The van der Waals surface area contributed by atoms with E-state index in [1.807, 2.05) is 36.5 Å². The van der Waals surface area contributed by atoms with Crippen LogP contribution in [-0.2, 0) is 4.79 Å². The van der Waals surface area contributed by atoms with Crippen molar-refractivity contribution < 1.29 is 9.18 Å². The lowest BCUT2D eigenvalue weighted by molar-refractivity contribution is -0.113. The summed E-state index contributed by atoms with van der Waals surface area (Å²) in [7, 11) is 0. The summed E-state index contributed by atoms with van der Waals surface area (Å²) in [5.41, 5.74) is 3.61. The smallest absolute Gasteiger partial charge is 0.268 e. The summed E-state index contributed by atoms with van der Waals surface area (Å²) < 4.78 is 15.7. The van der Waals surface area contributed by atoms with Gasteiger partial charge >= 0.3 is 0 Å². The van der Waals surface area contributed by atoms with E-state index in [1.165, 1.54) is 28.8 Å². The van der Waals surface area contributed by atoms with Crippen molar-refractivity contribution in [2.45, 2.75) is 0 Å². The number of rotatable bonds is 4. The Morgan fingerprint density at radius 3 is 2.44 bits per heavy atom. The molecule has 5 nitrogen and oxygen atoms in total. The van der Waals surface area contributed by atoms with E-state index in [0.717, 1.165) is 16.8 Å². The zero-order chi connectivity index (χ0) is 22.1. The van der Waals surface area contributed by atoms with Crippen LogP contribution in [0.4, 0.5) is 10.1 Å². The number of para-hydroxylation sites is 1. The van der Waals surface area contributed by atoms with Crippen LogP contribution in [0.2, 0.25) is 0 Å². The maximum absolute atomic E-state index is 13.5. The normalized spacial score (nSPS) is 15.0. The molecule has 5 rings (SSSR count). The molecule has 2 aromatic carbocycles. The fourth-order valence-electron chi connectivity index (χ4n) is 3.36. The summed E-state index contributed by atoms with van der Waals surface area (Å²) >= 11 is 6.68. The van der Waals surface area contributed by atoms with Crippen molar-refractivity contribution in [1.29, 1.82) is 0 Å². The second-order valence-electron chi connectivity index (χ2n) is 6.95. The summed E-state index contributed by atoms with van der Waals surface area (Å²) in [5.74, 6) is -0.541. The number of carbonyl (C=O) groups excluding carboxylic acids is 1. The Morgan fingerprint density at radius 2 is 1.72 bits per heavy atom. The number of halogens is 1. The van der Waals surface area contributed by atoms with E-state index >= 15 is 0 Å². The Balaban J connectivity index is 1.59. The van der Waals surface area contributed by atoms with Crippen LogP contribution in [0.25, 0.3) is 23.0 Å². The number of amides is 1. The number of carbonyl (C=O) groups is 1. The average molecular weight is 459 g/mol. The molecule has 1 amide bonds. The lowest BCUT2D eigenvalue weighted by Crippen LogP contribution is -2.27. The number of pyridine rings is 1. The Hall–Kier alpha value is -3.62. The fraction of sp³-hybridized carbons (Fsp3) is 0. The van der Waals surface area contributed by atoms with E-state index in [4.69, 9.17) is 17.3 Å². The van der Waals surface area contributed by atoms with Gasteiger partial charge < -0.3 is 0 Å². The zero-order valence-corrected chi connectivity index (χ0v) is 18.2. The number of hydrogen-bond donors (Lipinski definition) is 0. The van der Waals surface area contributed by atoms with Crippen LogP contribution in [0.5, 0.6) is 0 Å². The zero-order valence-electron chi connectivity index (χ0n) is 16.6. The van der Waals surface area contributed by atoms with Crippen molar-refractivity contribution in [3.8, 4) is 16.9 Å². The molecule has 0 radical (unpaired) electrons. The molecule has 1 aliphatic heterocycles. The highest BCUT2D eigenvalue weighted by Crippen LogP contribution is 2.37. The fourth-order valence-corrected chi connectivity index (χ4v) is 4.65. The van der Waals surface area contributed by atoms with E-state index in [-0.39, 0.29) is 11.7 Å². The number of anilines is 1. The Bertz CT molecular complexity index is 1340. The quantitative estimate of drug-likeness (QED) is 0.299. The minimum Gasteiger partial charge on any atom is -0.268 e. The molecule has 8 heteroatoms. The molecule has 1 fully saturated rings. The lowest BCUT2D eigenvalue weighted by Gasteiger charge is -2.13. The highest BCUT2D eigenvalue weighted by molar-refractivity contribution is 8.27. The van der Waals surface area contributed by atoms with E-state index in [0.29, 0.717) is 20.6 Å². The summed E-state index contributed by atoms with van der Waals surface area (Å²) in [6.07, 6.45) is 6.88. The summed E-state index contributed by atoms with van der Waals surface area (Å²) in [6.45, 7) is 0. The first-order chi connectivity index (χ1) is 15.6. The minimum absolute atomic E-state index is 0.217. The van der Waals surface area contributed by atoms with Crippen molar-refractivity contribution in [1.82, 2.24) is 14.8 Å². The molecule has 2 aromatic heterocycles. The van der Waals surface area contributed by atoms with Gasteiger partial charge in [0, 0.05) is 23.5 Å². The lowest BCUT2D eigenvalue weighted by atomic mass is 10.1. The van der Waals surface area contributed by atoms with Gasteiger partial charge in [0.15, 0.2) is 4.32 Å². The highest BCUT2D eigenvalue weighted by Gasteiger charge is 2.33. The third-order valence-electron chi connectivity index (χ3n) is 4.87. The molecule has 0 atom stereocenters. The molecule has 4 aromatic rings. The van der Waals surface area contributed by atoms with Crippen LogP contribution in [-0.4, -0.2) is 25.0 Å². The average Bonchev–Trinajstić information content (AvgIpc) is 3.36. The Labute approximate surface area is 193 Å². The second kappa shape index (κ2) is 8.49. The summed E-state index contributed by atoms with van der Waals surface area (Å²) in [5, 5.41) is 4.72. The molecule has 0 saturated carbocycles. The third-order valence-corrected chi connectivity index (χ3v) is 6.17. The van der Waals surface area contributed by atoms with Gasteiger partial charge in [0.1, 0.15) is 5.82 Å². The molecule has 32 heavy (non-hydrogen) atoms. The number of nitrogens with zero attached hydrogens (tertiary/aromatic N) is 4. The minimum atomic E-state index is -0.324. The predicted octanol–water partition coefficient (Wildman–Crippen LogP) is 5.48. The standard InChI is InChI=1S/C24H15FN4OS2/c25-18-10-8-16(9-11-18)22-17(15-28(27-22)19-5-2-1-3-6-19)13-21-23(30)29(24(31)32-21)20-7-4-12-26-14-20/h1-15H/b21-13-. The van der Waals surface area contributed by atoms with Gasteiger partial charge in [0.05, 0.1) is 28.2 Å². The van der Waals surface area contributed by atoms with Crippen LogP contribution in [0, 0.1) is 5.82 Å². The van der Waals surface area contributed by atoms with Gasteiger partial charge in [0.25, 0.3) is 5.91 Å². The van der Waals surface area contributed by atoms with E-state index in [9.17, 15) is 9.18 Å². The van der Waals surface area contributed by atoms with Crippen molar-refractivity contribution in [2.75, 3.05) is 4.90 Å². The highest BCUT2D eigenvalue weighted by atomic mass is 32.2. The van der Waals surface area contributed by atoms with E-state index in [2.05, 4.69) is 4.98 Å². The monoisotopic (exact) mass is 458 g/mol. The molecular formula is C24H15FN4OS2. The number of thioether (sulfide) groups is 1. The van der Waals surface area contributed by atoms with Crippen molar-refractivity contribution in [3.63, 3.8) is 0 Å². The SMILES string of the molecule is O=C1/C(=C/c2cn(-c3ccccc3)nc2-c2ccc(F)cc2)SC(=S)N1c1cccnc1. The van der Waals surface area contributed by atoms with Gasteiger partial charge in [-0.25, -0.2) is 9.07 Å². The second-order valence-corrected chi connectivity index (χ2v) is 8.62. The van der Waals surface area contributed by atoms with Gasteiger partial charge in [-0.3, -0.25) is 14.7 Å². The number of thiocarbonyl (C=S) groups is 1. The summed E-state index contributed by atoms with van der Waals surface area (Å²) in [4.78, 5) is 19.2. The summed E-state index contributed by atoms with van der Waals surface area (Å²) in [6, 6.07) is 19.3. The molecule has 0 N–H and O–H groups in total. The number of hydrogen-bond acceptors (Lipinski definition) is 5. The van der Waals surface area contributed by atoms with Crippen molar-refractivity contribution in [3.05, 3.63) is 102 Å². The van der Waals surface area contributed by atoms with Crippen LogP contribution in [0.15, 0.2) is 90.2 Å². The van der Waals surface area contributed by atoms with Crippen molar-refractivity contribution >= 4 is 46.0 Å². The van der Waals surface area contributed by atoms with Gasteiger partial charge in [-0.1, -0.05) is 42.2 Å². The molecule has 0 unspecified atom stereocenters. The molecule has 1 saturated heterocycles. The number of aromatic nitrogens is 3.